The summed E-state index contributed by atoms with van der Waals surface area (Å²) in [6.07, 6.45) is 0. The van der Waals surface area contributed by atoms with E-state index in [2.05, 4.69) is 0 Å². The van der Waals surface area contributed by atoms with Crippen LogP contribution in [0.5, 0.6) is 0 Å². The van der Waals surface area contributed by atoms with E-state index in [-0.39, 0.29) is 158 Å². The third kappa shape index (κ3) is 234. The molecule has 0 unspecified atom stereocenters. The first-order chi connectivity index (χ1) is 0. The normalized spacial score (nSPS) is 0. The molecule has 0 aliphatic heterocycles. The molecule has 0 fully saturated rings. The van der Waals surface area contributed by atoms with Gasteiger partial charge in [-0.05, 0) is 0 Å². The molecule has 0 bridgehead atoms. The molecule has 0 saturated heterocycles. The minimum Gasteiger partial charge on any atom is -1.00 e. The van der Waals surface area contributed by atoms with E-state index in [9.17, 15) is 0 Å². The van der Waals surface area contributed by atoms with Gasteiger partial charge in [0, 0.05) is 0 Å². The van der Waals surface area contributed by atoms with Crippen molar-refractivity contribution in [3.05, 3.63) is 0 Å². The van der Waals surface area contributed by atoms with Gasteiger partial charge in [-0.25, -0.2) is 0 Å². The van der Waals surface area contributed by atoms with Crippen LogP contribution in [0.3, 0.4) is 0 Å². The van der Waals surface area contributed by atoms with Crippen molar-refractivity contribution < 1.29 is 60.5 Å². The summed E-state index contributed by atoms with van der Waals surface area (Å²) in [5.41, 5.74) is 0. The molecule has 10 nitrogen and oxygen atoms in total. The molecule has 0 aliphatic carbocycles. The van der Waals surface area contributed by atoms with Crippen LogP contribution in [0.2, 0.25) is 0 Å². The molecule has 88 valence electrons. The Balaban J connectivity index is 0. The van der Waals surface area contributed by atoms with Gasteiger partial charge in [0.15, 0.2) is 0 Å². The first-order valence-electron chi connectivity index (χ1n) is 0. The summed E-state index contributed by atoms with van der Waals surface area (Å²) < 4.78 is 0. The van der Waals surface area contributed by atoms with Gasteiger partial charge in [-0.1, -0.05) is 0 Å². The third-order valence-corrected chi connectivity index (χ3v) is 0. The minimum absolute atomic E-state index is 0. The molecule has 0 amide bonds. The smallest absolute Gasteiger partial charge is 1.00 e. The fourth-order valence-electron chi connectivity index (χ4n) is 0. The molecular formula is H24Ba2O10. The maximum Gasteiger partial charge on any atom is 2.00 e. The van der Waals surface area contributed by atoms with E-state index in [1.807, 2.05) is 0 Å². The summed E-state index contributed by atoms with van der Waals surface area (Å²) >= 11 is 0. The van der Waals surface area contributed by atoms with Crippen molar-refractivity contribution in [1.29, 1.82) is 0 Å². The summed E-state index contributed by atoms with van der Waals surface area (Å²) in [6.45, 7) is 0. The van der Waals surface area contributed by atoms with Gasteiger partial charge in [0.25, 0.3) is 0 Å². The number of rotatable bonds is 0. The molecule has 0 saturated carbocycles. The maximum absolute atomic E-state index is 0. The Morgan fingerprint density at radius 1 is 0.250 bits per heavy atom. The third-order valence-electron chi connectivity index (χ3n) is 0. The van der Waals surface area contributed by atoms with Gasteiger partial charge in [0.1, 0.15) is 0 Å². The molecule has 0 atom stereocenters. The Kier molecular flexibility index (Phi) is 9150. The second-order valence-electron chi connectivity index (χ2n) is 0. The molecule has 0 aromatic heterocycles. The second kappa shape index (κ2) is 297. The summed E-state index contributed by atoms with van der Waals surface area (Å²) in [5.74, 6) is 0. The van der Waals surface area contributed by atoms with Gasteiger partial charge in [-0.3, -0.25) is 0 Å². The van der Waals surface area contributed by atoms with Crippen LogP contribution in [0, 0.1) is 0 Å². The number of hydrogen-bond acceptors (Lipinski definition) is 0. The van der Waals surface area contributed by atoms with Crippen molar-refractivity contribution in [3.63, 3.8) is 0 Å². The standard InChI is InChI=1S/2Ba.10H2O.4H/h;;10*1H2;;;;/q2*+2;;;;;;;;;;;4*-1. The molecule has 0 radical (unpaired) electrons. The summed E-state index contributed by atoms with van der Waals surface area (Å²) in [6, 6.07) is 0. The first kappa shape index (κ1) is 370. The van der Waals surface area contributed by atoms with E-state index in [4.69, 9.17) is 0 Å². The molecule has 20 N–H and O–H groups in total. The topological polar surface area (TPSA) is 315 Å². The Morgan fingerprint density at radius 3 is 0.250 bits per heavy atom. The summed E-state index contributed by atoms with van der Waals surface area (Å²) in [5, 5.41) is 0. The Labute approximate surface area is 155 Å². The molecule has 12 heteroatoms. The van der Waals surface area contributed by atoms with E-state index < -0.39 is 0 Å². The van der Waals surface area contributed by atoms with Crippen LogP contribution in [0.1, 0.15) is 5.71 Å². The van der Waals surface area contributed by atoms with Gasteiger partial charge >= 0.3 is 97.8 Å². The van der Waals surface area contributed by atoms with Crippen molar-refractivity contribution >= 4 is 97.8 Å². The quantitative estimate of drug-likeness (QED) is 0.305. The van der Waals surface area contributed by atoms with E-state index >= 15 is 0 Å². The van der Waals surface area contributed by atoms with Crippen molar-refractivity contribution in [2.24, 2.45) is 0 Å². The van der Waals surface area contributed by atoms with Crippen molar-refractivity contribution in [3.8, 4) is 0 Å². The largest absolute Gasteiger partial charge is 2.00 e. The number of hydrogen-bond donors (Lipinski definition) is 0. The Bertz CT molecular complexity index is 20.8. The fourth-order valence-corrected chi connectivity index (χ4v) is 0. The second-order valence-corrected chi connectivity index (χ2v) is 0. The molecule has 0 spiro atoms. The van der Waals surface area contributed by atoms with Crippen LogP contribution < -0.4 is 0 Å². The van der Waals surface area contributed by atoms with Crippen LogP contribution in [0.15, 0.2) is 0 Å². The molecule has 0 aromatic rings. The van der Waals surface area contributed by atoms with Crippen molar-refractivity contribution in [2.75, 3.05) is 0 Å². The van der Waals surface area contributed by atoms with Crippen LogP contribution in [-0.4, -0.2) is 153 Å². The molecule has 0 aliphatic rings. The van der Waals surface area contributed by atoms with Gasteiger partial charge in [-0.15, -0.1) is 0 Å². The van der Waals surface area contributed by atoms with Crippen LogP contribution >= 0.6 is 0 Å². The monoisotopic (exact) mass is 460 g/mol. The molecule has 0 heterocycles. The summed E-state index contributed by atoms with van der Waals surface area (Å²) in [4.78, 5) is 0. The van der Waals surface area contributed by atoms with Crippen LogP contribution in [-0.2, 0) is 0 Å². The van der Waals surface area contributed by atoms with Crippen molar-refractivity contribution in [2.45, 2.75) is 0 Å². The molecule has 0 aromatic carbocycles. The Morgan fingerprint density at radius 2 is 0.250 bits per heavy atom. The van der Waals surface area contributed by atoms with Crippen molar-refractivity contribution in [1.82, 2.24) is 0 Å². The first-order valence-corrected chi connectivity index (χ1v) is 0. The average Bonchev–Trinajstić information content (AvgIpc) is 0. The van der Waals surface area contributed by atoms with E-state index in [0.29, 0.717) is 0 Å². The predicted molar refractivity (Wildman–Crippen MR) is 52.1 cm³/mol. The van der Waals surface area contributed by atoms with E-state index in [1.54, 1.807) is 0 Å². The molecular weight excluding hydrogens is 435 g/mol. The van der Waals surface area contributed by atoms with Gasteiger partial charge < -0.3 is 60.5 Å². The average molecular weight is 459 g/mol. The van der Waals surface area contributed by atoms with Gasteiger partial charge in [0.05, 0.1) is 0 Å². The Hall–Kier alpha value is 2.74. The fraction of sp³-hybridized carbons (Fsp3) is 0. The van der Waals surface area contributed by atoms with Crippen LogP contribution in [0.25, 0.3) is 0 Å². The predicted octanol–water partition coefficient (Wildman–Crippen LogP) is -8.56. The van der Waals surface area contributed by atoms with E-state index in [1.165, 1.54) is 0 Å². The molecule has 0 rings (SSSR count). The van der Waals surface area contributed by atoms with Gasteiger partial charge in [0.2, 0.25) is 0 Å². The molecule has 12 heavy (non-hydrogen) atoms. The minimum atomic E-state index is 0. The zero-order chi connectivity index (χ0) is 0. The van der Waals surface area contributed by atoms with Crippen LogP contribution in [0.4, 0.5) is 0 Å². The zero-order valence-corrected chi connectivity index (χ0v) is 15.3. The maximum atomic E-state index is 0. The van der Waals surface area contributed by atoms with Gasteiger partial charge in [-0.2, -0.15) is 0 Å². The SMILES string of the molecule is O.O.O.O.O.O.O.O.O.O.[Ba+2].[Ba+2].[H-].[H-].[H-].[H-]. The van der Waals surface area contributed by atoms with E-state index in [0.717, 1.165) is 0 Å². The summed E-state index contributed by atoms with van der Waals surface area (Å²) in [7, 11) is 0. The zero-order valence-electron chi connectivity index (χ0n) is 10.4.